The van der Waals surface area contributed by atoms with Gasteiger partial charge in [-0.25, -0.2) is 0 Å². The van der Waals surface area contributed by atoms with Gasteiger partial charge in [0.25, 0.3) is 0 Å². The summed E-state index contributed by atoms with van der Waals surface area (Å²) in [5.74, 6) is 0. The Bertz CT molecular complexity index is 60.7. The first-order valence-corrected chi connectivity index (χ1v) is 4.95. The van der Waals surface area contributed by atoms with Gasteiger partial charge in [0.2, 0.25) is 0 Å². The van der Waals surface area contributed by atoms with Gasteiger partial charge < -0.3 is 4.89 Å². The van der Waals surface area contributed by atoms with Crippen molar-refractivity contribution in [2.75, 3.05) is 12.3 Å². The highest BCUT2D eigenvalue weighted by Crippen LogP contribution is 2.41. The van der Waals surface area contributed by atoms with E-state index in [0.29, 0.717) is 4.83 Å². The van der Waals surface area contributed by atoms with Gasteiger partial charge in [0, 0.05) is 19.1 Å². The van der Waals surface area contributed by atoms with E-state index in [1.54, 1.807) is 0 Å². The molecule has 0 bridgehead atoms. The Balaban J connectivity index is 2.26. The van der Waals surface area contributed by atoms with Gasteiger partial charge in [-0.15, -0.1) is 0 Å². The van der Waals surface area contributed by atoms with Crippen molar-refractivity contribution in [3.8, 4) is 0 Å². The highest BCUT2D eigenvalue weighted by atomic mass is 79.9. The minimum atomic E-state index is -0.551. The van der Waals surface area contributed by atoms with Crippen LogP contribution in [0.25, 0.3) is 0 Å². The Morgan fingerprint density at radius 2 is 2.43 bits per heavy atom. The maximum Gasteiger partial charge on any atom is 0.0262 e. The molecule has 1 aliphatic rings. The molecule has 1 nitrogen and oxygen atoms in total. The van der Waals surface area contributed by atoms with Gasteiger partial charge in [-0.2, -0.15) is 0 Å². The molecule has 2 atom stereocenters. The van der Waals surface area contributed by atoms with Crippen LogP contribution in [0.1, 0.15) is 6.42 Å². The molecule has 42 valence electrons. The van der Waals surface area contributed by atoms with Crippen LogP contribution >= 0.6 is 24.1 Å². The third-order valence-electron chi connectivity index (χ3n) is 1.11. The Labute approximate surface area is 53.1 Å². The largest absolute Gasteiger partial charge is 0.374 e. The lowest BCUT2D eigenvalue weighted by molar-refractivity contribution is 0.631. The molecule has 0 aromatic heterocycles. The molecule has 2 unspecified atom stereocenters. The van der Waals surface area contributed by atoms with Crippen LogP contribution in [0.15, 0.2) is 0 Å². The molecule has 3 heteroatoms. The predicted octanol–water partition coefficient (Wildman–Crippen LogP) is 1.54. The van der Waals surface area contributed by atoms with E-state index < -0.39 is 8.15 Å². The number of halogens is 1. The van der Waals surface area contributed by atoms with Crippen molar-refractivity contribution in [3.63, 3.8) is 0 Å². The van der Waals surface area contributed by atoms with Crippen LogP contribution in [0.2, 0.25) is 0 Å². The zero-order valence-electron chi connectivity index (χ0n) is 3.97. The molecule has 7 heavy (non-hydrogen) atoms. The highest BCUT2D eigenvalue weighted by molar-refractivity contribution is 9.09. The molecule has 1 N–H and O–H groups in total. The molecule has 1 heterocycles. The van der Waals surface area contributed by atoms with Crippen LogP contribution in [0.5, 0.6) is 0 Å². The number of alkyl halides is 1. The van der Waals surface area contributed by atoms with Crippen molar-refractivity contribution < 1.29 is 4.89 Å². The molecule has 0 spiro atoms. The third kappa shape index (κ3) is 1.67. The van der Waals surface area contributed by atoms with Crippen LogP contribution < -0.4 is 0 Å². The minimum absolute atomic E-state index is 0.551. The van der Waals surface area contributed by atoms with Gasteiger partial charge in [0.15, 0.2) is 0 Å². The first kappa shape index (κ1) is 6.00. The Morgan fingerprint density at radius 3 is 2.57 bits per heavy atom. The predicted molar refractivity (Wildman–Crippen MR) is 36.2 cm³/mol. The standard InChI is InChI=1S/C4H8BrOP/c5-4-1-2-7(6)3-4/h4,6H,1-3H2. The van der Waals surface area contributed by atoms with E-state index in [2.05, 4.69) is 15.9 Å². The molecule has 1 aliphatic heterocycles. The minimum Gasteiger partial charge on any atom is -0.374 e. The lowest BCUT2D eigenvalue weighted by Gasteiger charge is -1.94. The summed E-state index contributed by atoms with van der Waals surface area (Å²) < 4.78 is 0. The van der Waals surface area contributed by atoms with Crippen LogP contribution in [0.4, 0.5) is 0 Å². The maximum absolute atomic E-state index is 8.93. The number of hydrogen-bond donors (Lipinski definition) is 1. The zero-order valence-corrected chi connectivity index (χ0v) is 6.45. The fourth-order valence-corrected chi connectivity index (χ4v) is 3.72. The summed E-state index contributed by atoms with van der Waals surface area (Å²) in [6, 6.07) is 0. The van der Waals surface area contributed by atoms with Crippen molar-refractivity contribution in [2.24, 2.45) is 0 Å². The Morgan fingerprint density at radius 1 is 1.71 bits per heavy atom. The van der Waals surface area contributed by atoms with Crippen LogP contribution in [-0.2, 0) is 0 Å². The summed E-state index contributed by atoms with van der Waals surface area (Å²) in [5.41, 5.74) is 0. The molecule has 0 aromatic rings. The normalized spacial score (nSPS) is 42.0. The summed E-state index contributed by atoms with van der Waals surface area (Å²) in [5, 5.41) is 0. The van der Waals surface area contributed by atoms with Gasteiger partial charge in [-0.3, -0.25) is 0 Å². The average Bonchev–Trinajstić information content (AvgIpc) is 1.87. The van der Waals surface area contributed by atoms with Crippen molar-refractivity contribution in [3.05, 3.63) is 0 Å². The highest BCUT2D eigenvalue weighted by Gasteiger charge is 2.19. The van der Waals surface area contributed by atoms with Gasteiger partial charge in [-0.05, 0) is 12.6 Å². The van der Waals surface area contributed by atoms with Crippen molar-refractivity contribution >= 4 is 24.1 Å². The van der Waals surface area contributed by atoms with E-state index >= 15 is 0 Å². The molecule has 0 saturated carbocycles. The third-order valence-corrected chi connectivity index (χ3v) is 4.03. The van der Waals surface area contributed by atoms with Gasteiger partial charge in [0.1, 0.15) is 0 Å². The Kier molecular flexibility index (Phi) is 2.08. The second-order valence-corrected chi connectivity index (χ2v) is 4.92. The van der Waals surface area contributed by atoms with Crippen LogP contribution in [-0.4, -0.2) is 22.0 Å². The smallest absolute Gasteiger partial charge is 0.0262 e. The van der Waals surface area contributed by atoms with E-state index in [9.17, 15) is 0 Å². The zero-order chi connectivity index (χ0) is 5.28. The van der Waals surface area contributed by atoms with E-state index in [4.69, 9.17) is 4.89 Å². The molecular weight excluding hydrogens is 175 g/mol. The van der Waals surface area contributed by atoms with Crippen LogP contribution in [0, 0.1) is 0 Å². The Hall–Kier alpha value is 0.870. The molecule has 1 saturated heterocycles. The fraction of sp³-hybridized carbons (Fsp3) is 1.00. The number of hydrogen-bond acceptors (Lipinski definition) is 1. The second-order valence-electron chi connectivity index (χ2n) is 1.80. The molecule has 0 aromatic carbocycles. The fourth-order valence-electron chi connectivity index (χ4n) is 0.700. The summed E-state index contributed by atoms with van der Waals surface area (Å²) in [4.78, 5) is 9.55. The SMILES string of the molecule is OP1CCC(Br)C1. The molecule has 0 amide bonds. The van der Waals surface area contributed by atoms with Crippen molar-refractivity contribution in [1.29, 1.82) is 0 Å². The second kappa shape index (κ2) is 2.43. The molecule has 1 fully saturated rings. The van der Waals surface area contributed by atoms with E-state index in [0.717, 1.165) is 12.3 Å². The maximum atomic E-state index is 8.93. The average molecular weight is 183 g/mol. The van der Waals surface area contributed by atoms with E-state index in [1.807, 2.05) is 0 Å². The lowest BCUT2D eigenvalue weighted by Crippen LogP contribution is -1.90. The molecule has 0 aliphatic carbocycles. The monoisotopic (exact) mass is 182 g/mol. The summed E-state index contributed by atoms with van der Waals surface area (Å²) in [6.45, 7) is 0. The summed E-state index contributed by atoms with van der Waals surface area (Å²) in [7, 11) is -0.551. The summed E-state index contributed by atoms with van der Waals surface area (Å²) in [6.07, 6.45) is 3.22. The van der Waals surface area contributed by atoms with Gasteiger partial charge >= 0.3 is 0 Å². The topological polar surface area (TPSA) is 20.2 Å². The molecular formula is C4H8BrOP. The number of rotatable bonds is 0. The van der Waals surface area contributed by atoms with Gasteiger partial charge in [-0.1, -0.05) is 15.9 Å². The first-order valence-electron chi connectivity index (χ1n) is 2.37. The molecule has 0 radical (unpaired) electrons. The van der Waals surface area contributed by atoms with Crippen molar-refractivity contribution in [2.45, 2.75) is 11.2 Å². The van der Waals surface area contributed by atoms with E-state index in [1.165, 1.54) is 6.42 Å². The quantitative estimate of drug-likeness (QED) is 0.446. The van der Waals surface area contributed by atoms with E-state index in [-0.39, 0.29) is 0 Å². The lowest BCUT2D eigenvalue weighted by atomic mass is 10.4. The molecule has 1 rings (SSSR count). The summed E-state index contributed by atoms with van der Waals surface area (Å²) >= 11 is 3.43. The first-order chi connectivity index (χ1) is 3.29. The van der Waals surface area contributed by atoms with Gasteiger partial charge in [0.05, 0.1) is 0 Å². The van der Waals surface area contributed by atoms with Crippen molar-refractivity contribution in [1.82, 2.24) is 0 Å². The van der Waals surface area contributed by atoms with Crippen LogP contribution in [0.3, 0.4) is 0 Å².